The molecule has 0 radical (unpaired) electrons. The van der Waals surface area contributed by atoms with Gasteiger partial charge in [-0.05, 0) is 50.6 Å². The van der Waals surface area contributed by atoms with Crippen LogP contribution in [-0.2, 0) is 13.1 Å². The Kier molecular flexibility index (Phi) is 4.67. The highest BCUT2D eigenvalue weighted by atomic mass is 15.2. The highest BCUT2D eigenvalue weighted by Crippen LogP contribution is 2.34. The molecule has 1 aliphatic heterocycles. The predicted molar refractivity (Wildman–Crippen MR) is 80.0 cm³/mol. The van der Waals surface area contributed by atoms with Crippen molar-refractivity contribution in [3.05, 3.63) is 18.2 Å². The molecule has 1 saturated heterocycles. The molecule has 108 valence electrons. The van der Waals surface area contributed by atoms with Gasteiger partial charge in [0.2, 0.25) is 0 Å². The third-order valence-electron chi connectivity index (χ3n) is 4.55. The molecule has 3 heteroatoms. The summed E-state index contributed by atoms with van der Waals surface area (Å²) in [5, 5.41) is 0. The summed E-state index contributed by atoms with van der Waals surface area (Å²) >= 11 is 0. The lowest BCUT2D eigenvalue weighted by molar-refractivity contribution is 0.205. The smallest absolute Gasteiger partial charge is 0.122 e. The highest BCUT2D eigenvalue weighted by molar-refractivity contribution is 4.92. The maximum absolute atomic E-state index is 4.50. The summed E-state index contributed by atoms with van der Waals surface area (Å²) in [6.07, 6.45) is 8.05. The molecule has 0 spiro atoms. The van der Waals surface area contributed by atoms with Gasteiger partial charge in [0.05, 0.1) is 6.54 Å². The van der Waals surface area contributed by atoms with Crippen molar-refractivity contribution in [2.75, 3.05) is 13.1 Å². The van der Waals surface area contributed by atoms with Gasteiger partial charge in [0, 0.05) is 18.9 Å². The summed E-state index contributed by atoms with van der Waals surface area (Å²) < 4.78 is 2.26. The van der Waals surface area contributed by atoms with Crippen LogP contribution in [-0.4, -0.2) is 27.5 Å². The lowest BCUT2D eigenvalue weighted by atomic mass is 9.77. The normalized spacial score (nSPS) is 22.4. The monoisotopic (exact) mass is 263 g/mol. The Morgan fingerprint density at radius 3 is 2.74 bits per heavy atom. The van der Waals surface area contributed by atoms with Gasteiger partial charge in [-0.1, -0.05) is 20.8 Å². The Balaban J connectivity index is 1.93. The molecule has 0 N–H and O–H groups in total. The molecule has 1 aromatic rings. The van der Waals surface area contributed by atoms with Crippen LogP contribution in [0.1, 0.15) is 52.8 Å². The van der Waals surface area contributed by atoms with Crippen LogP contribution >= 0.6 is 0 Å². The molecular weight excluding hydrogens is 234 g/mol. The number of hydrogen-bond acceptors (Lipinski definition) is 2. The van der Waals surface area contributed by atoms with E-state index in [-0.39, 0.29) is 0 Å². The second kappa shape index (κ2) is 6.08. The van der Waals surface area contributed by atoms with E-state index in [2.05, 4.69) is 48.3 Å². The third-order valence-corrected chi connectivity index (χ3v) is 4.55. The first-order valence-corrected chi connectivity index (χ1v) is 7.73. The maximum atomic E-state index is 4.50. The van der Waals surface area contributed by atoms with E-state index < -0.39 is 0 Å². The van der Waals surface area contributed by atoms with Crippen LogP contribution in [0.15, 0.2) is 12.4 Å². The van der Waals surface area contributed by atoms with Gasteiger partial charge in [0.25, 0.3) is 0 Å². The quantitative estimate of drug-likeness (QED) is 0.831. The number of aromatic nitrogens is 2. The standard InChI is InChI=1S/C16H29N3/c1-5-19-12-9-17-15(19)13-18-10-6-7-14(8-11-18)16(2,3)4/h9,12,14H,5-8,10-11,13H2,1-4H3. The Morgan fingerprint density at radius 1 is 1.26 bits per heavy atom. The fraction of sp³-hybridized carbons (Fsp3) is 0.812. The van der Waals surface area contributed by atoms with Crippen LogP contribution in [0.5, 0.6) is 0 Å². The number of likely N-dealkylation sites (tertiary alicyclic amines) is 1. The van der Waals surface area contributed by atoms with Crippen LogP contribution in [0.2, 0.25) is 0 Å². The molecule has 0 saturated carbocycles. The summed E-state index contributed by atoms with van der Waals surface area (Å²) in [6.45, 7) is 13.8. The summed E-state index contributed by atoms with van der Waals surface area (Å²) in [4.78, 5) is 7.08. The van der Waals surface area contributed by atoms with Crippen molar-refractivity contribution in [2.45, 2.75) is 60.0 Å². The van der Waals surface area contributed by atoms with Crippen LogP contribution in [0.3, 0.4) is 0 Å². The minimum Gasteiger partial charge on any atom is -0.334 e. The van der Waals surface area contributed by atoms with Gasteiger partial charge >= 0.3 is 0 Å². The number of aryl methyl sites for hydroxylation is 1. The van der Waals surface area contributed by atoms with Gasteiger partial charge in [-0.3, -0.25) is 4.90 Å². The largest absolute Gasteiger partial charge is 0.334 e. The first-order chi connectivity index (χ1) is 9.00. The van der Waals surface area contributed by atoms with E-state index in [4.69, 9.17) is 0 Å². The van der Waals surface area contributed by atoms with Crippen molar-refractivity contribution in [2.24, 2.45) is 11.3 Å². The Morgan fingerprint density at radius 2 is 2.05 bits per heavy atom. The lowest BCUT2D eigenvalue weighted by Gasteiger charge is -2.29. The van der Waals surface area contributed by atoms with Crippen molar-refractivity contribution >= 4 is 0 Å². The van der Waals surface area contributed by atoms with Crippen molar-refractivity contribution in [3.63, 3.8) is 0 Å². The van der Waals surface area contributed by atoms with Gasteiger partial charge < -0.3 is 4.57 Å². The topological polar surface area (TPSA) is 21.1 Å². The van der Waals surface area contributed by atoms with Crippen LogP contribution < -0.4 is 0 Å². The zero-order valence-electron chi connectivity index (χ0n) is 13.0. The van der Waals surface area contributed by atoms with Crippen molar-refractivity contribution in [1.82, 2.24) is 14.5 Å². The van der Waals surface area contributed by atoms with E-state index >= 15 is 0 Å². The summed E-state index contributed by atoms with van der Waals surface area (Å²) in [5.41, 5.74) is 0.456. The third kappa shape index (κ3) is 3.82. The first-order valence-electron chi connectivity index (χ1n) is 7.73. The van der Waals surface area contributed by atoms with Gasteiger partial charge in [0.15, 0.2) is 0 Å². The predicted octanol–water partition coefficient (Wildman–Crippen LogP) is 3.55. The molecule has 0 bridgehead atoms. The van der Waals surface area contributed by atoms with Crippen molar-refractivity contribution in [3.8, 4) is 0 Å². The zero-order valence-corrected chi connectivity index (χ0v) is 13.0. The fourth-order valence-electron chi connectivity index (χ4n) is 3.16. The van der Waals surface area contributed by atoms with Crippen molar-refractivity contribution in [1.29, 1.82) is 0 Å². The molecule has 1 unspecified atom stereocenters. The van der Waals surface area contributed by atoms with Crippen LogP contribution in [0.4, 0.5) is 0 Å². The maximum Gasteiger partial charge on any atom is 0.122 e. The molecular formula is C16H29N3. The Labute approximate surface area is 118 Å². The second-order valence-corrected chi connectivity index (χ2v) is 6.90. The molecule has 1 aromatic heterocycles. The van der Waals surface area contributed by atoms with Gasteiger partial charge in [-0.15, -0.1) is 0 Å². The van der Waals surface area contributed by atoms with Crippen LogP contribution in [0, 0.1) is 11.3 Å². The molecule has 0 aromatic carbocycles. The highest BCUT2D eigenvalue weighted by Gasteiger charge is 2.27. The molecule has 1 fully saturated rings. The minimum atomic E-state index is 0.456. The summed E-state index contributed by atoms with van der Waals surface area (Å²) in [6, 6.07) is 0. The second-order valence-electron chi connectivity index (χ2n) is 6.90. The summed E-state index contributed by atoms with van der Waals surface area (Å²) in [5.74, 6) is 2.08. The molecule has 0 amide bonds. The number of hydrogen-bond donors (Lipinski definition) is 0. The molecule has 2 rings (SSSR count). The number of rotatable bonds is 3. The van der Waals surface area contributed by atoms with Gasteiger partial charge in [0.1, 0.15) is 5.82 Å². The molecule has 1 aliphatic rings. The average Bonchev–Trinajstić information content (AvgIpc) is 2.63. The van der Waals surface area contributed by atoms with E-state index in [1.165, 1.54) is 38.2 Å². The van der Waals surface area contributed by atoms with E-state index in [0.717, 1.165) is 19.0 Å². The minimum absolute atomic E-state index is 0.456. The number of imidazole rings is 1. The van der Waals surface area contributed by atoms with Crippen LogP contribution in [0.25, 0.3) is 0 Å². The van der Waals surface area contributed by atoms with E-state index in [1.54, 1.807) is 0 Å². The average molecular weight is 263 g/mol. The Bertz CT molecular complexity index is 389. The molecule has 2 heterocycles. The zero-order chi connectivity index (χ0) is 13.9. The van der Waals surface area contributed by atoms with Gasteiger partial charge in [-0.25, -0.2) is 4.98 Å². The van der Waals surface area contributed by atoms with E-state index in [1.807, 2.05) is 6.20 Å². The molecule has 3 nitrogen and oxygen atoms in total. The van der Waals surface area contributed by atoms with E-state index in [9.17, 15) is 0 Å². The van der Waals surface area contributed by atoms with Gasteiger partial charge in [-0.2, -0.15) is 0 Å². The Hall–Kier alpha value is -0.830. The van der Waals surface area contributed by atoms with E-state index in [0.29, 0.717) is 5.41 Å². The lowest BCUT2D eigenvalue weighted by Crippen LogP contribution is -2.27. The molecule has 19 heavy (non-hydrogen) atoms. The molecule has 0 aliphatic carbocycles. The molecule has 1 atom stereocenters. The summed E-state index contributed by atoms with van der Waals surface area (Å²) in [7, 11) is 0. The SMILES string of the molecule is CCn1ccnc1CN1CCCC(C(C)(C)C)CC1. The number of nitrogens with zero attached hydrogens (tertiary/aromatic N) is 3. The first kappa shape index (κ1) is 14.6. The fourth-order valence-corrected chi connectivity index (χ4v) is 3.16. The van der Waals surface area contributed by atoms with Crippen molar-refractivity contribution < 1.29 is 0 Å².